The molecule has 0 amide bonds. The lowest BCUT2D eigenvalue weighted by Gasteiger charge is -2.01. The van der Waals surface area contributed by atoms with Crippen molar-refractivity contribution in [2.45, 2.75) is 20.0 Å². The quantitative estimate of drug-likeness (QED) is 0.855. The van der Waals surface area contributed by atoms with E-state index in [0.29, 0.717) is 13.1 Å². The van der Waals surface area contributed by atoms with Gasteiger partial charge in [0, 0.05) is 18.8 Å². The normalized spacial score (nSPS) is 10.6. The van der Waals surface area contributed by atoms with Gasteiger partial charge in [0.05, 0.1) is 18.4 Å². The summed E-state index contributed by atoms with van der Waals surface area (Å²) in [6.45, 7) is 2.98. The van der Waals surface area contributed by atoms with E-state index in [-0.39, 0.29) is 5.82 Å². The Balaban J connectivity index is 1.84. The van der Waals surface area contributed by atoms with E-state index in [1.807, 2.05) is 13.0 Å². The predicted octanol–water partition coefficient (Wildman–Crippen LogP) is 1.81. The first-order valence-corrected chi connectivity index (χ1v) is 4.96. The Kier molecular flexibility index (Phi) is 3.26. The van der Waals surface area contributed by atoms with Crippen molar-refractivity contribution in [1.29, 1.82) is 0 Å². The van der Waals surface area contributed by atoms with Crippen molar-refractivity contribution in [3.63, 3.8) is 0 Å². The van der Waals surface area contributed by atoms with Crippen LogP contribution >= 0.6 is 0 Å². The molecule has 2 heterocycles. The number of pyridine rings is 1. The number of rotatable bonds is 4. The fourth-order valence-electron chi connectivity index (χ4n) is 1.38. The Hall–Kier alpha value is -1.75. The second kappa shape index (κ2) is 4.85. The van der Waals surface area contributed by atoms with Gasteiger partial charge in [-0.3, -0.25) is 4.98 Å². The van der Waals surface area contributed by atoms with E-state index >= 15 is 0 Å². The standard InChI is InChI=1S/C11H12FN3O/c1-8-2-11(16-15-8)7-14-5-9-3-10(12)6-13-4-9/h2-4,6,14H,5,7H2,1H3. The summed E-state index contributed by atoms with van der Waals surface area (Å²) in [5.74, 6) is 0.441. The van der Waals surface area contributed by atoms with Crippen molar-refractivity contribution < 1.29 is 8.91 Å². The van der Waals surface area contributed by atoms with Crippen LogP contribution in [0.2, 0.25) is 0 Å². The number of nitrogens with zero attached hydrogens (tertiary/aromatic N) is 2. The van der Waals surface area contributed by atoms with Crippen LogP contribution in [0, 0.1) is 12.7 Å². The van der Waals surface area contributed by atoms with Crippen LogP contribution < -0.4 is 5.32 Å². The number of hydrogen-bond acceptors (Lipinski definition) is 4. The third-order valence-electron chi connectivity index (χ3n) is 2.07. The molecule has 0 aliphatic heterocycles. The molecule has 0 atom stereocenters. The topological polar surface area (TPSA) is 51.0 Å². The highest BCUT2D eigenvalue weighted by Crippen LogP contribution is 2.03. The summed E-state index contributed by atoms with van der Waals surface area (Å²) < 4.78 is 17.8. The second-order valence-electron chi connectivity index (χ2n) is 3.55. The molecule has 0 fully saturated rings. The molecular weight excluding hydrogens is 209 g/mol. The molecule has 0 aliphatic carbocycles. The lowest BCUT2D eigenvalue weighted by molar-refractivity contribution is 0.369. The first-order valence-electron chi connectivity index (χ1n) is 4.96. The zero-order valence-electron chi connectivity index (χ0n) is 8.90. The first-order chi connectivity index (χ1) is 7.74. The summed E-state index contributed by atoms with van der Waals surface area (Å²) in [4.78, 5) is 3.76. The third kappa shape index (κ3) is 2.87. The highest BCUT2D eigenvalue weighted by atomic mass is 19.1. The minimum atomic E-state index is -0.324. The monoisotopic (exact) mass is 221 g/mol. The minimum Gasteiger partial charge on any atom is -0.360 e. The van der Waals surface area contributed by atoms with Gasteiger partial charge in [0.25, 0.3) is 0 Å². The van der Waals surface area contributed by atoms with E-state index in [9.17, 15) is 4.39 Å². The second-order valence-corrected chi connectivity index (χ2v) is 3.55. The number of nitrogens with one attached hydrogen (secondary N) is 1. The number of hydrogen-bond donors (Lipinski definition) is 1. The van der Waals surface area contributed by atoms with Gasteiger partial charge in [0.1, 0.15) is 5.82 Å². The van der Waals surface area contributed by atoms with Crippen molar-refractivity contribution in [3.8, 4) is 0 Å². The SMILES string of the molecule is Cc1cc(CNCc2cncc(F)c2)on1. The molecule has 0 spiro atoms. The Labute approximate surface area is 92.5 Å². The maximum Gasteiger partial charge on any atom is 0.150 e. The fraction of sp³-hybridized carbons (Fsp3) is 0.273. The molecule has 0 bridgehead atoms. The Morgan fingerprint density at radius 3 is 2.88 bits per heavy atom. The maximum absolute atomic E-state index is 12.8. The average molecular weight is 221 g/mol. The van der Waals surface area contributed by atoms with Crippen molar-refractivity contribution >= 4 is 0 Å². The van der Waals surface area contributed by atoms with E-state index in [1.165, 1.54) is 12.3 Å². The molecule has 2 rings (SSSR count). The zero-order valence-corrected chi connectivity index (χ0v) is 8.90. The van der Waals surface area contributed by atoms with E-state index < -0.39 is 0 Å². The van der Waals surface area contributed by atoms with E-state index in [2.05, 4.69) is 15.5 Å². The van der Waals surface area contributed by atoms with Gasteiger partial charge < -0.3 is 9.84 Å². The van der Waals surface area contributed by atoms with E-state index in [1.54, 1.807) is 6.20 Å². The summed E-state index contributed by atoms with van der Waals surface area (Å²) >= 11 is 0. The molecule has 0 aromatic carbocycles. The van der Waals surface area contributed by atoms with Gasteiger partial charge in [-0.2, -0.15) is 0 Å². The Bertz CT molecular complexity index is 470. The van der Waals surface area contributed by atoms with Crippen LogP contribution in [0.15, 0.2) is 29.0 Å². The van der Waals surface area contributed by atoms with Crippen LogP contribution in [0.5, 0.6) is 0 Å². The highest BCUT2D eigenvalue weighted by molar-refractivity contribution is 5.10. The van der Waals surface area contributed by atoms with Gasteiger partial charge >= 0.3 is 0 Å². The lowest BCUT2D eigenvalue weighted by atomic mass is 10.3. The molecule has 0 saturated heterocycles. The first kappa shape index (κ1) is 10.8. The average Bonchev–Trinajstić information content (AvgIpc) is 2.64. The van der Waals surface area contributed by atoms with Crippen LogP contribution in [0.25, 0.3) is 0 Å². The molecule has 16 heavy (non-hydrogen) atoms. The molecule has 0 saturated carbocycles. The minimum absolute atomic E-state index is 0.324. The molecule has 2 aromatic heterocycles. The molecule has 0 unspecified atom stereocenters. The lowest BCUT2D eigenvalue weighted by Crippen LogP contribution is -2.12. The molecule has 4 nitrogen and oxygen atoms in total. The Morgan fingerprint density at radius 1 is 1.31 bits per heavy atom. The molecule has 0 aliphatic rings. The van der Waals surface area contributed by atoms with Crippen LogP contribution in [0.4, 0.5) is 4.39 Å². The van der Waals surface area contributed by atoms with Gasteiger partial charge in [-0.25, -0.2) is 4.39 Å². The molecule has 2 aromatic rings. The van der Waals surface area contributed by atoms with Gasteiger partial charge in [-0.1, -0.05) is 5.16 Å². The zero-order chi connectivity index (χ0) is 11.4. The summed E-state index contributed by atoms with van der Waals surface area (Å²) in [6.07, 6.45) is 2.81. The number of aryl methyl sites for hydroxylation is 1. The smallest absolute Gasteiger partial charge is 0.150 e. The van der Waals surface area contributed by atoms with Gasteiger partial charge in [-0.15, -0.1) is 0 Å². The van der Waals surface area contributed by atoms with E-state index in [4.69, 9.17) is 4.52 Å². The molecule has 84 valence electrons. The van der Waals surface area contributed by atoms with Crippen molar-refractivity contribution in [1.82, 2.24) is 15.5 Å². The summed E-state index contributed by atoms with van der Waals surface area (Å²) in [6, 6.07) is 3.31. The van der Waals surface area contributed by atoms with Crippen LogP contribution in [0.3, 0.4) is 0 Å². The van der Waals surface area contributed by atoms with Crippen molar-refractivity contribution in [2.75, 3.05) is 0 Å². The highest BCUT2D eigenvalue weighted by Gasteiger charge is 2.00. The van der Waals surface area contributed by atoms with Crippen LogP contribution in [0.1, 0.15) is 17.0 Å². The summed E-state index contributed by atoms with van der Waals surface area (Å²) in [5.41, 5.74) is 1.65. The largest absolute Gasteiger partial charge is 0.360 e. The predicted molar refractivity (Wildman–Crippen MR) is 56.0 cm³/mol. The third-order valence-corrected chi connectivity index (χ3v) is 2.07. The number of aromatic nitrogens is 2. The summed E-state index contributed by atoms with van der Waals surface area (Å²) in [5, 5.41) is 6.89. The van der Waals surface area contributed by atoms with Gasteiger partial charge in [0.2, 0.25) is 0 Å². The van der Waals surface area contributed by atoms with Crippen LogP contribution in [-0.4, -0.2) is 10.1 Å². The van der Waals surface area contributed by atoms with Gasteiger partial charge in [0.15, 0.2) is 5.76 Å². The fourth-order valence-corrected chi connectivity index (χ4v) is 1.38. The van der Waals surface area contributed by atoms with Gasteiger partial charge in [-0.05, 0) is 18.6 Å². The van der Waals surface area contributed by atoms with Crippen molar-refractivity contribution in [3.05, 3.63) is 47.4 Å². The molecular formula is C11H12FN3O. The number of halogens is 1. The maximum atomic E-state index is 12.8. The van der Waals surface area contributed by atoms with E-state index in [0.717, 1.165) is 17.0 Å². The Morgan fingerprint density at radius 2 is 2.19 bits per heavy atom. The molecule has 0 radical (unpaired) electrons. The molecule has 5 heteroatoms. The summed E-state index contributed by atoms with van der Waals surface area (Å²) in [7, 11) is 0. The van der Waals surface area contributed by atoms with Crippen molar-refractivity contribution in [2.24, 2.45) is 0 Å². The molecule has 1 N–H and O–H groups in total. The van der Waals surface area contributed by atoms with Crippen LogP contribution in [-0.2, 0) is 13.1 Å².